The van der Waals surface area contributed by atoms with E-state index in [1.165, 1.54) is 30.3 Å². The van der Waals surface area contributed by atoms with Crippen molar-refractivity contribution < 1.29 is 59.5 Å². The fourth-order valence-electron chi connectivity index (χ4n) is 4.66. The molecular weight excluding hydrogens is 544 g/mol. The highest BCUT2D eigenvalue weighted by molar-refractivity contribution is 5.91. The number of aliphatic hydroxyl groups is 3. The third kappa shape index (κ3) is 4.98. The Balaban J connectivity index is 1.69. The molecule has 0 aliphatic carbocycles. The van der Waals surface area contributed by atoms with E-state index in [0.717, 1.165) is 24.3 Å². The van der Waals surface area contributed by atoms with Crippen molar-refractivity contribution in [3.8, 4) is 40.1 Å². The smallest absolute Gasteiger partial charge is 0.338 e. The van der Waals surface area contributed by atoms with Gasteiger partial charge in [0.15, 0.2) is 28.6 Å². The Bertz CT molecular complexity index is 1680. The first-order chi connectivity index (χ1) is 19.5. The van der Waals surface area contributed by atoms with Gasteiger partial charge in [0, 0.05) is 17.7 Å². The second-order valence-corrected chi connectivity index (χ2v) is 9.39. The molecule has 4 aromatic rings. The average Bonchev–Trinajstić information content (AvgIpc) is 2.93. The van der Waals surface area contributed by atoms with Gasteiger partial charge in [0.2, 0.25) is 0 Å². The molecule has 3 aromatic carbocycles. The summed E-state index contributed by atoms with van der Waals surface area (Å²) in [5.74, 6) is -3.66. The van der Waals surface area contributed by atoms with Crippen LogP contribution in [0.1, 0.15) is 22.0 Å². The summed E-state index contributed by atoms with van der Waals surface area (Å²) < 4.78 is 17.1. The second-order valence-electron chi connectivity index (χ2n) is 9.39. The maximum atomic E-state index is 13.1. The van der Waals surface area contributed by atoms with Gasteiger partial charge < -0.3 is 54.7 Å². The molecule has 0 amide bonds. The molecule has 0 bridgehead atoms. The van der Waals surface area contributed by atoms with Crippen molar-refractivity contribution in [1.29, 1.82) is 0 Å². The third-order valence-electron chi connectivity index (χ3n) is 6.76. The van der Waals surface area contributed by atoms with E-state index < -0.39 is 82.5 Å². The zero-order valence-corrected chi connectivity index (χ0v) is 20.9. The number of benzene rings is 3. The fourth-order valence-corrected chi connectivity index (χ4v) is 4.66. The number of aliphatic hydroxyl groups excluding tert-OH is 3. The summed E-state index contributed by atoms with van der Waals surface area (Å²) in [6.45, 7) is -0.799. The number of carbonyl (C=O) groups is 1. The number of carbonyl (C=O) groups excluding carboxylic acids is 1. The number of hydrogen-bond donors (Lipinski definition) is 8. The summed E-state index contributed by atoms with van der Waals surface area (Å²) in [4.78, 5) is 26.0. The van der Waals surface area contributed by atoms with Crippen LogP contribution < -0.4 is 5.43 Å². The molecule has 1 fully saturated rings. The van der Waals surface area contributed by atoms with Crippen LogP contribution in [-0.2, 0) is 9.47 Å². The van der Waals surface area contributed by atoms with Crippen LogP contribution in [0, 0.1) is 0 Å². The molecule has 1 aliphatic rings. The van der Waals surface area contributed by atoms with Crippen molar-refractivity contribution in [1.82, 2.24) is 0 Å². The maximum absolute atomic E-state index is 13.1. The van der Waals surface area contributed by atoms with Gasteiger partial charge >= 0.3 is 5.97 Å². The molecule has 13 heteroatoms. The van der Waals surface area contributed by atoms with Crippen molar-refractivity contribution in [3.63, 3.8) is 0 Å². The van der Waals surface area contributed by atoms with Gasteiger partial charge in [-0.05, 0) is 42.5 Å². The summed E-state index contributed by atoms with van der Waals surface area (Å²) in [6, 6.07) is 10.3. The van der Waals surface area contributed by atoms with Crippen LogP contribution in [0.2, 0.25) is 0 Å². The normalized spacial score (nSPS) is 22.5. The molecule has 41 heavy (non-hydrogen) atoms. The SMILES string of the molecule is O=C(O[C@@H]1[C@@H](O)[C@H](O)[C@@H](CO)O[C@H]1c1c(O)cc(O)c2c(=O)cc(-c3ccc(O)c(O)c3)oc12)c1ccc(O)cc1. The minimum Gasteiger partial charge on any atom is -0.508 e. The van der Waals surface area contributed by atoms with E-state index in [9.17, 15) is 50.4 Å². The van der Waals surface area contributed by atoms with Gasteiger partial charge in [-0.15, -0.1) is 0 Å². The van der Waals surface area contributed by atoms with Gasteiger partial charge in [-0.25, -0.2) is 4.79 Å². The minimum absolute atomic E-state index is 0.0479. The predicted molar refractivity (Wildman–Crippen MR) is 139 cm³/mol. The molecule has 1 aliphatic heterocycles. The van der Waals surface area contributed by atoms with E-state index in [1.54, 1.807) is 0 Å². The number of aromatic hydroxyl groups is 5. The van der Waals surface area contributed by atoms with Crippen molar-refractivity contribution in [2.75, 3.05) is 6.61 Å². The topological polar surface area (TPSA) is 228 Å². The van der Waals surface area contributed by atoms with E-state index in [-0.39, 0.29) is 28.2 Å². The Morgan fingerprint density at radius 3 is 2.20 bits per heavy atom. The molecule has 0 unspecified atom stereocenters. The number of fused-ring (bicyclic) bond motifs is 1. The molecular formula is C28H24O13. The minimum atomic E-state index is -1.88. The van der Waals surface area contributed by atoms with E-state index in [4.69, 9.17) is 13.9 Å². The first-order valence-corrected chi connectivity index (χ1v) is 12.2. The lowest BCUT2D eigenvalue weighted by atomic mass is 9.89. The van der Waals surface area contributed by atoms with Crippen LogP contribution in [0.25, 0.3) is 22.3 Å². The first-order valence-electron chi connectivity index (χ1n) is 12.2. The third-order valence-corrected chi connectivity index (χ3v) is 6.76. The van der Waals surface area contributed by atoms with Gasteiger partial charge in [0.05, 0.1) is 17.7 Å². The molecule has 5 rings (SSSR count). The largest absolute Gasteiger partial charge is 0.508 e. The van der Waals surface area contributed by atoms with Gasteiger partial charge in [-0.2, -0.15) is 0 Å². The number of hydrogen-bond acceptors (Lipinski definition) is 13. The summed E-state index contributed by atoms with van der Waals surface area (Å²) in [6.07, 6.45) is -8.48. The van der Waals surface area contributed by atoms with Crippen LogP contribution in [0.15, 0.2) is 63.8 Å². The van der Waals surface area contributed by atoms with Crippen molar-refractivity contribution in [2.45, 2.75) is 30.5 Å². The van der Waals surface area contributed by atoms with Gasteiger partial charge in [0.1, 0.15) is 52.8 Å². The summed E-state index contributed by atoms with van der Waals surface area (Å²) in [5, 5.41) is 81.4. The first kappa shape index (κ1) is 27.7. The number of esters is 1. The maximum Gasteiger partial charge on any atom is 0.338 e. The predicted octanol–water partition coefficient (Wildman–Crippen LogP) is 1.37. The molecule has 0 spiro atoms. The number of rotatable bonds is 5. The van der Waals surface area contributed by atoms with Gasteiger partial charge in [-0.3, -0.25) is 4.79 Å². The highest BCUT2D eigenvalue weighted by Crippen LogP contribution is 2.45. The molecule has 1 saturated heterocycles. The summed E-state index contributed by atoms with van der Waals surface area (Å²) >= 11 is 0. The Labute approximate surface area is 229 Å². The van der Waals surface area contributed by atoms with Crippen molar-refractivity contribution in [2.24, 2.45) is 0 Å². The molecule has 214 valence electrons. The lowest BCUT2D eigenvalue weighted by molar-refractivity contribution is -0.231. The molecule has 0 saturated carbocycles. The lowest BCUT2D eigenvalue weighted by Crippen LogP contribution is -2.56. The van der Waals surface area contributed by atoms with E-state index in [2.05, 4.69) is 0 Å². The second kappa shape index (κ2) is 10.6. The Kier molecular flexibility index (Phi) is 7.19. The zero-order valence-electron chi connectivity index (χ0n) is 20.9. The average molecular weight is 568 g/mol. The van der Waals surface area contributed by atoms with Crippen molar-refractivity contribution in [3.05, 3.63) is 75.9 Å². The highest BCUT2D eigenvalue weighted by atomic mass is 16.6. The van der Waals surface area contributed by atoms with Crippen LogP contribution >= 0.6 is 0 Å². The van der Waals surface area contributed by atoms with Crippen LogP contribution in [0.4, 0.5) is 0 Å². The lowest BCUT2D eigenvalue weighted by Gasteiger charge is -2.42. The molecule has 8 N–H and O–H groups in total. The quantitative estimate of drug-likeness (QED) is 0.126. The fraction of sp³-hybridized carbons (Fsp3) is 0.214. The van der Waals surface area contributed by atoms with E-state index in [1.807, 2.05) is 0 Å². The molecule has 5 atom stereocenters. The number of phenolic OH excluding ortho intramolecular Hbond substituents is 5. The zero-order chi connectivity index (χ0) is 29.6. The van der Waals surface area contributed by atoms with Gasteiger partial charge in [0.25, 0.3) is 0 Å². The Hall–Kier alpha value is -4.82. The van der Waals surface area contributed by atoms with Crippen LogP contribution in [0.5, 0.6) is 28.7 Å². The van der Waals surface area contributed by atoms with E-state index in [0.29, 0.717) is 0 Å². The van der Waals surface area contributed by atoms with Crippen LogP contribution in [-0.4, -0.2) is 77.8 Å². The summed E-state index contributed by atoms with van der Waals surface area (Å²) in [7, 11) is 0. The monoisotopic (exact) mass is 568 g/mol. The Morgan fingerprint density at radius 1 is 0.829 bits per heavy atom. The standard InChI is InChI=1S/C28H24O13/c29-10-20-23(36)24(37)27(41-28(38)11-1-4-13(30)5-2-11)26(40-20)22-17(34)8-16(33)21-18(35)9-19(39-25(21)22)12-3-6-14(31)15(32)7-12/h1-9,20,23-24,26-27,29-34,36-37H,10H2/t20-,23-,24+,26+,27-/m1/s1. The number of ether oxygens (including phenoxy) is 2. The van der Waals surface area contributed by atoms with Gasteiger partial charge in [-0.1, -0.05) is 0 Å². The molecule has 1 aromatic heterocycles. The molecule has 0 radical (unpaired) electrons. The summed E-state index contributed by atoms with van der Waals surface area (Å²) in [5.41, 5.74) is -1.54. The Morgan fingerprint density at radius 2 is 1.54 bits per heavy atom. The van der Waals surface area contributed by atoms with Crippen molar-refractivity contribution >= 4 is 16.9 Å². The molecule has 2 heterocycles. The number of phenols is 5. The highest BCUT2D eigenvalue weighted by Gasteiger charge is 2.49. The molecule has 13 nitrogen and oxygen atoms in total. The van der Waals surface area contributed by atoms with Crippen LogP contribution in [0.3, 0.4) is 0 Å². The van der Waals surface area contributed by atoms with E-state index >= 15 is 0 Å².